The van der Waals surface area contributed by atoms with Gasteiger partial charge >= 0.3 is 0 Å². The first-order valence-electron chi connectivity index (χ1n) is 5.54. The molecule has 1 atom stereocenters. The van der Waals surface area contributed by atoms with Crippen LogP contribution >= 0.6 is 54.5 Å². The van der Waals surface area contributed by atoms with Gasteiger partial charge in [-0.25, -0.2) is 0 Å². The van der Waals surface area contributed by atoms with Gasteiger partial charge in [0.05, 0.1) is 16.8 Å². The number of halogens is 3. The highest BCUT2D eigenvalue weighted by atomic mass is 127. The summed E-state index contributed by atoms with van der Waals surface area (Å²) in [5.74, 6) is 0.902. The van der Waals surface area contributed by atoms with Crippen LogP contribution < -0.4 is 5.32 Å². The van der Waals surface area contributed by atoms with Crippen molar-refractivity contribution in [3.05, 3.63) is 54.4 Å². The summed E-state index contributed by atoms with van der Waals surface area (Å²) in [6.45, 7) is 2.96. The molecule has 1 unspecified atom stereocenters. The molecule has 0 aliphatic rings. The van der Waals surface area contributed by atoms with E-state index in [4.69, 9.17) is 4.42 Å². The Labute approximate surface area is 137 Å². The Balaban J connectivity index is 2.48. The van der Waals surface area contributed by atoms with Crippen molar-refractivity contribution in [3.8, 4) is 0 Å². The average Bonchev–Trinajstić information content (AvgIpc) is 2.76. The molecule has 2 aromatic rings. The van der Waals surface area contributed by atoms with Gasteiger partial charge in [-0.15, -0.1) is 0 Å². The molecule has 0 aliphatic carbocycles. The van der Waals surface area contributed by atoms with Gasteiger partial charge in [-0.2, -0.15) is 0 Å². The normalized spacial score (nSPS) is 12.7. The zero-order valence-electron chi connectivity index (χ0n) is 9.71. The molecule has 0 bridgehead atoms. The first-order chi connectivity index (χ1) is 8.63. The SMILES string of the molecule is CCNC(c1cc(I)ccc1Br)c1occc1Br. The first-order valence-corrected chi connectivity index (χ1v) is 8.21. The van der Waals surface area contributed by atoms with Crippen molar-refractivity contribution in [1.29, 1.82) is 0 Å². The maximum Gasteiger partial charge on any atom is 0.139 e. The maximum absolute atomic E-state index is 5.60. The van der Waals surface area contributed by atoms with Crippen LogP contribution in [0.2, 0.25) is 0 Å². The van der Waals surface area contributed by atoms with Crippen LogP contribution in [0.15, 0.2) is 43.9 Å². The lowest BCUT2D eigenvalue weighted by atomic mass is 10.0. The van der Waals surface area contributed by atoms with Crippen molar-refractivity contribution < 1.29 is 4.42 Å². The molecule has 1 aromatic heterocycles. The third-order valence-corrected chi connectivity index (χ3v) is 4.63. The smallest absolute Gasteiger partial charge is 0.139 e. The number of furan rings is 1. The molecule has 1 aromatic carbocycles. The predicted molar refractivity (Wildman–Crippen MR) is 88.8 cm³/mol. The van der Waals surface area contributed by atoms with Gasteiger partial charge in [0.2, 0.25) is 0 Å². The van der Waals surface area contributed by atoms with E-state index in [0.717, 1.165) is 21.3 Å². The van der Waals surface area contributed by atoms with Gasteiger partial charge in [-0.05, 0) is 74.9 Å². The van der Waals surface area contributed by atoms with Crippen LogP contribution in [0.3, 0.4) is 0 Å². The zero-order chi connectivity index (χ0) is 13.1. The Morgan fingerprint density at radius 2 is 2.06 bits per heavy atom. The summed E-state index contributed by atoms with van der Waals surface area (Å²) >= 11 is 9.46. The highest BCUT2D eigenvalue weighted by Gasteiger charge is 2.21. The number of hydrogen-bond donors (Lipinski definition) is 1. The fourth-order valence-electron chi connectivity index (χ4n) is 1.80. The number of hydrogen-bond acceptors (Lipinski definition) is 2. The maximum atomic E-state index is 5.60. The fraction of sp³-hybridized carbons (Fsp3) is 0.231. The van der Waals surface area contributed by atoms with Crippen molar-refractivity contribution in [2.75, 3.05) is 6.54 Å². The molecule has 5 heteroatoms. The minimum atomic E-state index is 0.0449. The summed E-state index contributed by atoms with van der Waals surface area (Å²) in [4.78, 5) is 0. The molecule has 2 nitrogen and oxygen atoms in total. The van der Waals surface area contributed by atoms with E-state index in [0.29, 0.717) is 0 Å². The molecule has 2 rings (SSSR count). The van der Waals surface area contributed by atoms with Gasteiger partial charge in [-0.3, -0.25) is 0 Å². The number of benzene rings is 1. The second-order valence-corrected chi connectivity index (χ2v) is 6.74. The second kappa shape index (κ2) is 6.54. The van der Waals surface area contributed by atoms with E-state index < -0.39 is 0 Å². The molecule has 0 saturated carbocycles. The molecule has 0 saturated heterocycles. The highest BCUT2D eigenvalue weighted by molar-refractivity contribution is 14.1. The van der Waals surface area contributed by atoms with E-state index >= 15 is 0 Å². The Bertz CT molecular complexity index is 542. The van der Waals surface area contributed by atoms with Crippen LogP contribution in [0.5, 0.6) is 0 Å². The second-order valence-electron chi connectivity index (χ2n) is 3.79. The molecule has 1 heterocycles. The molecule has 0 aliphatic heterocycles. The lowest BCUT2D eigenvalue weighted by molar-refractivity contribution is 0.449. The van der Waals surface area contributed by atoms with Crippen molar-refractivity contribution in [2.24, 2.45) is 0 Å². The summed E-state index contributed by atoms with van der Waals surface area (Å²) in [7, 11) is 0. The molecular weight excluding hydrogens is 473 g/mol. The highest BCUT2D eigenvalue weighted by Crippen LogP contribution is 2.34. The lowest BCUT2D eigenvalue weighted by Gasteiger charge is -2.18. The third-order valence-electron chi connectivity index (χ3n) is 2.58. The average molecular weight is 485 g/mol. The van der Waals surface area contributed by atoms with Crippen LogP contribution in [0.1, 0.15) is 24.3 Å². The van der Waals surface area contributed by atoms with Gasteiger partial charge in [0.25, 0.3) is 0 Å². The molecule has 0 fully saturated rings. The zero-order valence-corrected chi connectivity index (χ0v) is 15.0. The standard InChI is InChI=1S/C13H12Br2INO/c1-2-17-12(13-11(15)5-6-18-13)9-7-8(16)3-4-10(9)14/h3-7,12,17H,2H2,1H3. The quantitative estimate of drug-likeness (QED) is 0.610. The fourth-order valence-corrected chi connectivity index (χ4v) is 3.22. The minimum Gasteiger partial charge on any atom is -0.466 e. The summed E-state index contributed by atoms with van der Waals surface area (Å²) < 4.78 is 8.87. The van der Waals surface area contributed by atoms with Gasteiger partial charge in [-0.1, -0.05) is 22.9 Å². The summed E-state index contributed by atoms with van der Waals surface area (Å²) in [6.07, 6.45) is 1.70. The number of nitrogens with one attached hydrogen (secondary N) is 1. The lowest BCUT2D eigenvalue weighted by Crippen LogP contribution is -2.22. The minimum absolute atomic E-state index is 0.0449. The van der Waals surface area contributed by atoms with Gasteiger partial charge in [0.15, 0.2) is 0 Å². The van der Waals surface area contributed by atoms with Crippen LogP contribution in [-0.2, 0) is 0 Å². The van der Waals surface area contributed by atoms with E-state index in [2.05, 4.69) is 84.9 Å². The molecule has 0 radical (unpaired) electrons. The molecule has 0 spiro atoms. The van der Waals surface area contributed by atoms with Crippen LogP contribution in [-0.4, -0.2) is 6.54 Å². The molecule has 1 N–H and O–H groups in total. The van der Waals surface area contributed by atoms with Crippen LogP contribution in [0, 0.1) is 3.57 Å². The molecule has 18 heavy (non-hydrogen) atoms. The Hall–Kier alpha value is 0.150. The van der Waals surface area contributed by atoms with E-state index in [9.17, 15) is 0 Å². The third kappa shape index (κ3) is 3.18. The Morgan fingerprint density at radius 3 is 2.67 bits per heavy atom. The van der Waals surface area contributed by atoms with Crippen molar-refractivity contribution >= 4 is 54.5 Å². The number of rotatable bonds is 4. The van der Waals surface area contributed by atoms with E-state index in [1.807, 2.05) is 6.07 Å². The van der Waals surface area contributed by atoms with Crippen LogP contribution in [0.4, 0.5) is 0 Å². The topological polar surface area (TPSA) is 25.2 Å². The monoisotopic (exact) mass is 483 g/mol. The van der Waals surface area contributed by atoms with Gasteiger partial charge in [0.1, 0.15) is 5.76 Å². The summed E-state index contributed by atoms with van der Waals surface area (Å²) in [5, 5.41) is 3.45. The first kappa shape index (κ1) is 14.6. The summed E-state index contributed by atoms with van der Waals surface area (Å²) in [6, 6.07) is 8.27. The van der Waals surface area contributed by atoms with Crippen molar-refractivity contribution in [3.63, 3.8) is 0 Å². The Morgan fingerprint density at radius 1 is 1.28 bits per heavy atom. The largest absolute Gasteiger partial charge is 0.466 e. The van der Waals surface area contributed by atoms with Crippen molar-refractivity contribution in [1.82, 2.24) is 5.32 Å². The van der Waals surface area contributed by atoms with Gasteiger partial charge < -0.3 is 9.73 Å². The van der Waals surface area contributed by atoms with E-state index in [-0.39, 0.29) is 6.04 Å². The van der Waals surface area contributed by atoms with Gasteiger partial charge in [0, 0.05) is 8.04 Å². The molecule has 0 amide bonds. The predicted octanol–water partition coefficient (Wildman–Crippen LogP) is 5.11. The summed E-state index contributed by atoms with van der Waals surface area (Å²) in [5.41, 5.74) is 1.18. The molecular formula is C13H12Br2INO. The van der Waals surface area contributed by atoms with Crippen LogP contribution in [0.25, 0.3) is 0 Å². The van der Waals surface area contributed by atoms with E-state index in [1.165, 1.54) is 9.13 Å². The van der Waals surface area contributed by atoms with Crippen molar-refractivity contribution in [2.45, 2.75) is 13.0 Å². The molecule has 96 valence electrons. The Kier molecular flexibility index (Phi) is 5.29. The van der Waals surface area contributed by atoms with E-state index in [1.54, 1.807) is 6.26 Å².